The molecule has 0 unspecified atom stereocenters. The first-order chi connectivity index (χ1) is 16.5. The van der Waals surface area contributed by atoms with Crippen molar-refractivity contribution in [2.45, 2.75) is 27.2 Å². The monoisotopic (exact) mass is 470 g/mol. The summed E-state index contributed by atoms with van der Waals surface area (Å²) in [5.41, 5.74) is 4.19. The van der Waals surface area contributed by atoms with Crippen LogP contribution in [0.3, 0.4) is 0 Å². The Morgan fingerprint density at radius 2 is 1.68 bits per heavy atom. The van der Waals surface area contributed by atoms with E-state index >= 15 is 0 Å². The van der Waals surface area contributed by atoms with Crippen LogP contribution in [0, 0.1) is 12.8 Å². The summed E-state index contributed by atoms with van der Waals surface area (Å²) in [5.74, 6) is 1.31. The highest BCUT2D eigenvalue weighted by Gasteiger charge is 2.33. The van der Waals surface area contributed by atoms with Gasteiger partial charge in [0.05, 0.1) is 17.2 Å². The van der Waals surface area contributed by atoms with Crippen molar-refractivity contribution in [3.05, 3.63) is 100 Å². The number of rotatable bonds is 8. The topological polar surface area (TPSA) is 41.9 Å². The summed E-state index contributed by atoms with van der Waals surface area (Å²) in [4.78, 5) is 20.6. The maximum absolute atomic E-state index is 13.4. The van der Waals surface area contributed by atoms with Gasteiger partial charge >= 0.3 is 0 Å². The number of amidine groups is 1. The van der Waals surface area contributed by atoms with E-state index in [1.807, 2.05) is 72.8 Å². The number of hydrogen-bond donors (Lipinski definition) is 0. The maximum atomic E-state index is 13.4. The van der Waals surface area contributed by atoms with Crippen LogP contribution in [0.5, 0.6) is 5.75 Å². The minimum absolute atomic E-state index is 0.00747. The third-order valence-electron chi connectivity index (χ3n) is 5.37. The number of benzene rings is 3. The minimum atomic E-state index is -0.00747. The van der Waals surface area contributed by atoms with Crippen molar-refractivity contribution in [1.82, 2.24) is 4.90 Å². The van der Waals surface area contributed by atoms with Crippen LogP contribution in [0.25, 0.3) is 6.08 Å². The average Bonchev–Trinajstić information content (AvgIpc) is 3.13. The van der Waals surface area contributed by atoms with Crippen LogP contribution in [-0.4, -0.2) is 29.1 Å². The fourth-order valence-corrected chi connectivity index (χ4v) is 4.50. The minimum Gasteiger partial charge on any atom is -0.493 e. The second-order valence-corrected chi connectivity index (χ2v) is 9.82. The highest BCUT2D eigenvalue weighted by Crippen LogP contribution is 2.34. The van der Waals surface area contributed by atoms with Gasteiger partial charge in [-0.3, -0.25) is 9.69 Å². The number of amides is 1. The van der Waals surface area contributed by atoms with Crippen molar-refractivity contribution in [2.24, 2.45) is 10.9 Å². The molecule has 0 radical (unpaired) electrons. The molecular formula is C29H30N2O2S. The van der Waals surface area contributed by atoms with Crippen LogP contribution in [0.2, 0.25) is 0 Å². The number of carbonyl (C=O) groups is 1. The zero-order valence-electron chi connectivity index (χ0n) is 19.9. The number of thioether (sulfide) groups is 1. The molecule has 4 nitrogen and oxygen atoms in total. The molecule has 0 aromatic heterocycles. The van der Waals surface area contributed by atoms with Gasteiger partial charge in [0.15, 0.2) is 5.17 Å². The molecule has 0 bridgehead atoms. The van der Waals surface area contributed by atoms with Gasteiger partial charge in [-0.2, -0.15) is 0 Å². The van der Waals surface area contributed by atoms with E-state index in [0.717, 1.165) is 23.4 Å². The molecule has 174 valence electrons. The van der Waals surface area contributed by atoms with E-state index in [0.29, 0.717) is 29.1 Å². The highest BCUT2D eigenvalue weighted by atomic mass is 32.2. The number of aryl methyl sites for hydroxylation is 1. The van der Waals surface area contributed by atoms with Crippen LogP contribution in [0.1, 0.15) is 30.5 Å². The number of nitrogens with zero attached hydrogens (tertiary/aromatic N) is 2. The van der Waals surface area contributed by atoms with Gasteiger partial charge in [-0.05, 0) is 72.5 Å². The predicted octanol–water partition coefficient (Wildman–Crippen LogP) is 6.88. The van der Waals surface area contributed by atoms with Crippen molar-refractivity contribution in [1.29, 1.82) is 0 Å². The summed E-state index contributed by atoms with van der Waals surface area (Å²) in [6.45, 7) is 7.57. The molecule has 1 heterocycles. The Bertz CT molecular complexity index is 1170. The van der Waals surface area contributed by atoms with Gasteiger partial charge in [-0.15, -0.1) is 0 Å². The van der Waals surface area contributed by atoms with Gasteiger partial charge in [-0.25, -0.2) is 4.99 Å². The van der Waals surface area contributed by atoms with E-state index in [1.165, 1.54) is 22.9 Å². The molecule has 1 fully saturated rings. The number of carbonyl (C=O) groups excluding carboxylic acids is 1. The van der Waals surface area contributed by atoms with E-state index in [-0.39, 0.29) is 5.91 Å². The van der Waals surface area contributed by atoms with Gasteiger partial charge in [-0.1, -0.05) is 74.0 Å². The summed E-state index contributed by atoms with van der Waals surface area (Å²) in [6.07, 6.45) is 2.71. The lowest BCUT2D eigenvalue weighted by molar-refractivity contribution is -0.122. The Morgan fingerprint density at radius 1 is 0.971 bits per heavy atom. The Hall–Kier alpha value is -3.31. The van der Waals surface area contributed by atoms with E-state index in [1.54, 1.807) is 4.90 Å². The Kier molecular flexibility index (Phi) is 7.86. The molecule has 34 heavy (non-hydrogen) atoms. The molecule has 0 N–H and O–H groups in total. The lowest BCUT2D eigenvalue weighted by Crippen LogP contribution is -2.31. The standard InChI is InChI=1S/C29H30N2O2S/c1-21(2)20-33-26-15-11-24(12-16-26)19-27-28(32)31(18-17-23-7-5-4-6-8-23)29(34-27)30-25-13-9-22(3)10-14-25/h4-16,19,21H,17-18,20H2,1-3H3/b27-19+,30-29?. The molecule has 0 spiro atoms. The van der Waals surface area contributed by atoms with Crippen molar-refractivity contribution in [3.63, 3.8) is 0 Å². The zero-order chi connectivity index (χ0) is 23.9. The molecule has 1 aliphatic rings. The lowest BCUT2D eigenvalue weighted by atomic mass is 10.1. The number of ether oxygens (including phenoxy) is 1. The van der Waals surface area contributed by atoms with E-state index < -0.39 is 0 Å². The van der Waals surface area contributed by atoms with Gasteiger partial charge in [0.25, 0.3) is 5.91 Å². The van der Waals surface area contributed by atoms with Gasteiger partial charge < -0.3 is 4.74 Å². The van der Waals surface area contributed by atoms with Crippen molar-refractivity contribution in [3.8, 4) is 5.75 Å². The van der Waals surface area contributed by atoms with Crippen molar-refractivity contribution >= 4 is 34.6 Å². The van der Waals surface area contributed by atoms with Crippen LogP contribution in [-0.2, 0) is 11.2 Å². The molecule has 4 rings (SSSR count). The first kappa shape index (κ1) is 23.8. The first-order valence-corrected chi connectivity index (χ1v) is 12.4. The molecule has 0 saturated carbocycles. The van der Waals surface area contributed by atoms with E-state index in [4.69, 9.17) is 9.73 Å². The first-order valence-electron chi connectivity index (χ1n) is 11.6. The normalized spacial score (nSPS) is 16.1. The molecular weight excluding hydrogens is 440 g/mol. The third kappa shape index (κ3) is 6.39. The summed E-state index contributed by atoms with van der Waals surface area (Å²) in [5, 5.41) is 0.716. The molecule has 3 aromatic rings. The summed E-state index contributed by atoms with van der Waals surface area (Å²) >= 11 is 1.43. The van der Waals surface area contributed by atoms with Gasteiger partial charge in [0.2, 0.25) is 0 Å². The summed E-state index contributed by atoms with van der Waals surface area (Å²) < 4.78 is 5.78. The Morgan fingerprint density at radius 3 is 2.35 bits per heavy atom. The zero-order valence-corrected chi connectivity index (χ0v) is 20.7. The molecule has 1 saturated heterocycles. The number of aliphatic imine (C=N–C) groups is 1. The predicted molar refractivity (Wildman–Crippen MR) is 142 cm³/mol. The number of hydrogen-bond acceptors (Lipinski definition) is 4. The van der Waals surface area contributed by atoms with Gasteiger partial charge in [0, 0.05) is 6.54 Å². The van der Waals surface area contributed by atoms with Gasteiger partial charge in [0.1, 0.15) is 5.75 Å². The molecule has 3 aromatic carbocycles. The molecule has 1 amide bonds. The van der Waals surface area contributed by atoms with Crippen LogP contribution in [0.15, 0.2) is 88.8 Å². The second-order valence-electron chi connectivity index (χ2n) is 8.81. The Labute approximate surface area is 206 Å². The lowest BCUT2D eigenvalue weighted by Gasteiger charge is -2.15. The molecule has 0 aliphatic carbocycles. The highest BCUT2D eigenvalue weighted by molar-refractivity contribution is 8.18. The summed E-state index contributed by atoms with van der Waals surface area (Å²) in [6, 6.07) is 26.2. The van der Waals surface area contributed by atoms with E-state index in [2.05, 4.69) is 32.9 Å². The van der Waals surface area contributed by atoms with E-state index in [9.17, 15) is 4.79 Å². The van der Waals surface area contributed by atoms with Crippen LogP contribution >= 0.6 is 11.8 Å². The second kappa shape index (κ2) is 11.2. The molecule has 5 heteroatoms. The van der Waals surface area contributed by atoms with Crippen LogP contribution in [0.4, 0.5) is 5.69 Å². The smallest absolute Gasteiger partial charge is 0.266 e. The quantitative estimate of drug-likeness (QED) is 0.337. The van der Waals surface area contributed by atoms with Crippen molar-refractivity contribution in [2.75, 3.05) is 13.2 Å². The Balaban J connectivity index is 1.56. The molecule has 1 aliphatic heterocycles. The summed E-state index contributed by atoms with van der Waals surface area (Å²) in [7, 11) is 0. The fraction of sp³-hybridized carbons (Fsp3) is 0.241. The average molecular weight is 471 g/mol. The largest absolute Gasteiger partial charge is 0.493 e. The van der Waals surface area contributed by atoms with Crippen LogP contribution < -0.4 is 4.74 Å². The SMILES string of the molecule is Cc1ccc(N=C2S/C(=C/c3ccc(OCC(C)C)cc3)C(=O)N2CCc2ccccc2)cc1. The third-order valence-corrected chi connectivity index (χ3v) is 6.38. The van der Waals surface area contributed by atoms with Crippen molar-refractivity contribution < 1.29 is 9.53 Å². The fourth-order valence-electron chi connectivity index (χ4n) is 3.48. The maximum Gasteiger partial charge on any atom is 0.266 e. The molecule has 0 atom stereocenters.